The number of carbonyl (C=O) groups excluding carboxylic acids is 3. The minimum atomic E-state index is -0.821. The normalized spacial score (nSPS) is 11.7. The van der Waals surface area contributed by atoms with Gasteiger partial charge < -0.3 is 14.6 Å². The summed E-state index contributed by atoms with van der Waals surface area (Å²) in [6, 6.07) is 23.3. The number of rotatable bonds is 13. The van der Waals surface area contributed by atoms with Crippen molar-refractivity contribution < 1.29 is 19.1 Å². The van der Waals surface area contributed by atoms with Crippen LogP contribution in [-0.4, -0.2) is 42.4 Å². The van der Waals surface area contributed by atoms with Gasteiger partial charge in [0, 0.05) is 35.8 Å². The second-order valence-corrected chi connectivity index (χ2v) is 8.90. The number of aldehydes is 2. The summed E-state index contributed by atoms with van der Waals surface area (Å²) in [5.41, 5.74) is 4.76. The Balaban J connectivity index is 1.36. The first-order chi connectivity index (χ1) is 18.1. The minimum Gasteiger partial charge on any atom is -0.468 e. The van der Waals surface area contributed by atoms with Crippen LogP contribution >= 0.6 is 0 Å². The smallest absolute Gasteiger partial charge is 0.239 e. The highest BCUT2D eigenvalue weighted by molar-refractivity contribution is 5.99. The summed E-state index contributed by atoms with van der Waals surface area (Å²) >= 11 is 0. The molecule has 7 heteroatoms. The maximum atomic E-state index is 12.5. The number of nitrogens with zero attached hydrogens (tertiary/aromatic N) is 1. The SMILES string of the molecule is Cc1ccccc1CCNC(C=O)Oc1ccc2c(c1)c(C=O)cn2CC(=O)NCCc1ccccc1. The van der Waals surface area contributed by atoms with E-state index < -0.39 is 6.23 Å². The molecule has 0 saturated heterocycles. The summed E-state index contributed by atoms with van der Waals surface area (Å²) in [7, 11) is 0. The third-order valence-corrected chi connectivity index (χ3v) is 6.29. The third-order valence-electron chi connectivity index (χ3n) is 6.29. The summed E-state index contributed by atoms with van der Waals surface area (Å²) in [6.07, 6.45) is 3.83. The minimum absolute atomic E-state index is 0.0940. The van der Waals surface area contributed by atoms with Crippen LogP contribution in [-0.2, 0) is 29.0 Å². The molecule has 190 valence electrons. The van der Waals surface area contributed by atoms with Gasteiger partial charge in [0.25, 0.3) is 0 Å². The molecule has 3 aromatic carbocycles. The Kier molecular flexibility index (Phi) is 8.84. The summed E-state index contributed by atoms with van der Waals surface area (Å²) < 4.78 is 7.59. The Morgan fingerprint density at radius 3 is 2.51 bits per heavy atom. The van der Waals surface area contributed by atoms with Crippen LogP contribution in [0.3, 0.4) is 0 Å². The van der Waals surface area contributed by atoms with Gasteiger partial charge in [-0.25, -0.2) is 0 Å². The first kappa shape index (κ1) is 25.9. The fourth-order valence-corrected chi connectivity index (χ4v) is 4.31. The number of benzene rings is 3. The van der Waals surface area contributed by atoms with E-state index >= 15 is 0 Å². The van der Waals surface area contributed by atoms with Crippen molar-refractivity contribution in [2.24, 2.45) is 0 Å². The predicted molar refractivity (Wildman–Crippen MR) is 144 cm³/mol. The van der Waals surface area contributed by atoms with E-state index in [-0.39, 0.29) is 12.5 Å². The molecule has 1 unspecified atom stereocenters. The standard InChI is InChI=1S/C30H31N3O4/c1-22-7-5-6-10-24(22)14-16-32-30(21-35)37-26-11-12-28-27(17-26)25(20-34)18-33(28)19-29(36)31-15-13-23-8-3-2-4-9-23/h2-12,17-18,20-21,30,32H,13-16,19H2,1H3,(H,31,36). The van der Waals surface area contributed by atoms with Gasteiger partial charge in [-0.3, -0.25) is 19.7 Å². The molecule has 0 aliphatic heterocycles. The lowest BCUT2D eigenvalue weighted by molar-refractivity contribution is -0.121. The molecule has 37 heavy (non-hydrogen) atoms. The molecule has 0 radical (unpaired) electrons. The highest BCUT2D eigenvalue weighted by Crippen LogP contribution is 2.26. The van der Waals surface area contributed by atoms with E-state index in [0.717, 1.165) is 30.2 Å². The number of hydrogen-bond acceptors (Lipinski definition) is 5. The van der Waals surface area contributed by atoms with E-state index in [9.17, 15) is 14.4 Å². The van der Waals surface area contributed by atoms with E-state index in [2.05, 4.69) is 29.7 Å². The molecule has 4 aromatic rings. The molecule has 1 amide bonds. The Hall–Kier alpha value is -4.23. The van der Waals surface area contributed by atoms with Crippen LogP contribution in [0.1, 0.15) is 27.0 Å². The number of amides is 1. The maximum absolute atomic E-state index is 12.5. The molecule has 1 heterocycles. The van der Waals surface area contributed by atoms with Gasteiger partial charge in [0.05, 0.1) is 0 Å². The van der Waals surface area contributed by atoms with Gasteiger partial charge in [0.1, 0.15) is 12.3 Å². The monoisotopic (exact) mass is 497 g/mol. The molecule has 0 fully saturated rings. The van der Waals surface area contributed by atoms with Gasteiger partial charge in [-0.05, 0) is 54.7 Å². The van der Waals surface area contributed by atoms with Crippen LogP contribution < -0.4 is 15.4 Å². The van der Waals surface area contributed by atoms with Gasteiger partial charge >= 0.3 is 0 Å². The quantitative estimate of drug-likeness (QED) is 0.216. The Morgan fingerprint density at radius 1 is 0.973 bits per heavy atom. The molecular weight excluding hydrogens is 466 g/mol. The van der Waals surface area contributed by atoms with E-state index in [1.165, 1.54) is 11.1 Å². The number of fused-ring (bicyclic) bond motifs is 1. The molecule has 0 aliphatic carbocycles. The first-order valence-corrected chi connectivity index (χ1v) is 12.4. The molecule has 2 N–H and O–H groups in total. The van der Waals surface area contributed by atoms with Crippen LogP contribution in [0, 0.1) is 6.92 Å². The number of aromatic nitrogens is 1. The molecule has 7 nitrogen and oxygen atoms in total. The van der Waals surface area contributed by atoms with E-state index in [1.54, 1.807) is 29.0 Å². The van der Waals surface area contributed by atoms with E-state index in [4.69, 9.17) is 4.74 Å². The topological polar surface area (TPSA) is 89.4 Å². The van der Waals surface area contributed by atoms with Crippen LogP contribution in [0.5, 0.6) is 5.75 Å². The first-order valence-electron chi connectivity index (χ1n) is 12.4. The van der Waals surface area contributed by atoms with Crippen molar-refractivity contribution in [3.63, 3.8) is 0 Å². The number of aryl methyl sites for hydroxylation is 1. The molecule has 0 spiro atoms. The highest BCUT2D eigenvalue weighted by atomic mass is 16.5. The fourth-order valence-electron chi connectivity index (χ4n) is 4.31. The third kappa shape index (κ3) is 6.92. The zero-order chi connectivity index (χ0) is 26.0. The number of nitrogens with one attached hydrogen (secondary N) is 2. The molecule has 1 aromatic heterocycles. The largest absolute Gasteiger partial charge is 0.468 e. The lowest BCUT2D eigenvalue weighted by Crippen LogP contribution is -2.37. The Morgan fingerprint density at radius 2 is 1.76 bits per heavy atom. The molecular formula is C30H31N3O4. The average molecular weight is 498 g/mol. The summed E-state index contributed by atoms with van der Waals surface area (Å²) in [5, 5.41) is 6.71. The molecule has 0 saturated carbocycles. The van der Waals surface area contributed by atoms with Crippen molar-refractivity contribution in [2.45, 2.75) is 32.5 Å². The van der Waals surface area contributed by atoms with Crippen molar-refractivity contribution in [1.82, 2.24) is 15.2 Å². The zero-order valence-electron chi connectivity index (χ0n) is 20.9. The molecule has 4 rings (SSSR count). The van der Waals surface area contributed by atoms with Gasteiger partial charge in [-0.1, -0.05) is 54.6 Å². The summed E-state index contributed by atoms with van der Waals surface area (Å²) in [4.78, 5) is 35.9. The van der Waals surface area contributed by atoms with Crippen LogP contribution in [0.4, 0.5) is 0 Å². The second-order valence-electron chi connectivity index (χ2n) is 8.90. The average Bonchev–Trinajstić information content (AvgIpc) is 3.26. The van der Waals surface area contributed by atoms with E-state index in [1.807, 2.05) is 42.5 Å². The van der Waals surface area contributed by atoms with Crippen LogP contribution in [0.25, 0.3) is 10.9 Å². The van der Waals surface area contributed by atoms with Gasteiger partial charge in [0.15, 0.2) is 12.6 Å². The zero-order valence-corrected chi connectivity index (χ0v) is 20.9. The van der Waals surface area contributed by atoms with E-state index in [0.29, 0.717) is 36.1 Å². The summed E-state index contributed by atoms with van der Waals surface area (Å²) in [6.45, 7) is 3.26. The van der Waals surface area contributed by atoms with Crippen LogP contribution in [0.2, 0.25) is 0 Å². The number of carbonyl (C=O) groups is 3. The van der Waals surface area contributed by atoms with Gasteiger partial charge in [-0.2, -0.15) is 0 Å². The molecule has 0 bridgehead atoms. The number of hydrogen-bond donors (Lipinski definition) is 2. The van der Waals surface area contributed by atoms with Crippen molar-refractivity contribution >= 4 is 29.4 Å². The maximum Gasteiger partial charge on any atom is 0.239 e. The van der Waals surface area contributed by atoms with Crippen molar-refractivity contribution in [3.05, 3.63) is 101 Å². The summed E-state index contributed by atoms with van der Waals surface area (Å²) in [5.74, 6) is 0.325. The lowest BCUT2D eigenvalue weighted by Gasteiger charge is -2.16. The van der Waals surface area contributed by atoms with Crippen LogP contribution in [0.15, 0.2) is 79.0 Å². The van der Waals surface area contributed by atoms with Crippen molar-refractivity contribution in [1.29, 1.82) is 0 Å². The highest BCUT2D eigenvalue weighted by Gasteiger charge is 2.14. The molecule has 0 aliphatic rings. The molecule has 1 atom stereocenters. The second kappa shape index (κ2) is 12.6. The van der Waals surface area contributed by atoms with Crippen molar-refractivity contribution in [2.75, 3.05) is 13.1 Å². The number of ether oxygens (including phenoxy) is 1. The Labute approximate surface area is 216 Å². The van der Waals surface area contributed by atoms with Gasteiger partial charge in [-0.15, -0.1) is 0 Å². The van der Waals surface area contributed by atoms with Gasteiger partial charge in [0.2, 0.25) is 12.1 Å². The fraction of sp³-hybridized carbons (Fsp3) is 0.233. The van der Waals surface area contributed by atoms with Crippen molar-refractivity contribution in [3.8, 4) is 5.75 Å². The predicted octanol–water partition coefficient (Wildman–Crippen LogP) is 3.86. The Bertz CT molecular complexity index is 1360. The lowest BCUT2D eigenvalue weighted by atomic mass is 10.1.